The summed E-state index contributed by atoms with van der Waals surface area (Å²) < 4.78 is 6.21. The molecule has 124 valence electrons. The molecule has 0 saturated carbocycles. The molecular formula is C21H24N2O. The van der Waals surface area contributed by atoms with Crippen molar-refractivity contribution in [3.8, 4) is 11.5 Å². The van der Waals surface area contributed by atoms with E-state index in [-0.39, 0.29) is 5.41 Å². The summed E-state index contributed by atoms with van der Waals surface area (Å²) in [5.74, 6) is 1.94. The van der Waals surface area contributed by atoms with E-state index >= 15 is 0 Å². The Bertz CT molecular complexity index is 838. The van der Waals surface area contributed by atoms with Crippen LogP contribution < -0.4 is 9.64 Å². The number of nitrogens with zero attached hydrogens (tertiary/aromatic N) is 2. The van der Waals surface area contributed by atoms with E-state index in [4.69, 9.17) is 4.74 Å². The lowest BCUT2D eigenvalue weighted by molar-refractivity contribution is 0.382. The van der Waals surface area contributed by atoms with Gasteiger partial charge in [0.1, 0.15) is 17.7 Å². The molecule has 2 aliphatic rings. The van der Waals surface area contributed by atoms with E-state index in [0.29, 0.717) is 6.17 Å². The maximum absolute atomic E-state index is 6.21. The van der Waals surface area contributed by atoms with Gasteiger partial charge in [0, 0.05) is 41.7 Å². The smallest absolute Gasteiger partial charge is 0.131 e. The van der Waals surface area contributed by atoms with Gasteiger partial charge in [-0.3, -0.25) is 0 Å². The fraction of sp³-hybridized carbons (Fsp3) is 0.333. The van der Waals surface area contributed by atoms with E-state index in [0.717, 1.165) is 11.5 Å². The van der Waals surface area contributed by atoms with Gasteiger partial charge in [-0.1, -0.05) is 32.0 Å². The number of para-hydroxylation sites is 1. The summed E-state index contributed by atoms with van der Waals surface area (Å²) in [5, 5.41) is 0. The number of hydrogen-bond acceptors (Lipinski definition) is 3. The molecule has 2 aliphatic heterocycles. The molecule has 0 N–H and O–H groups in total. The first-order valence-electron chi connectivity index (χ1n) is 8.50. The molecular weight excluding hydrogens is 296 g/mol. The molecule has 0 aromatic heterocycles. The standard InChI is InChI=1S/C21H24N2O/c1-14-12-20-17(13-18(14)23-11-10-22(5)15(23)2)21(3,4)16-8-6-7-9-19(16)24-20/h6-13,15H,1-5H3/t15-/m0/s1. The maximum Gasteiger partial charge on any atom is 0.131 e. The molecule has 2 aromatic rings. The predicted molar refractivity (Wildman–Crippen MR) is 98.7 cm³/mol. The average Bonchev–Trinajstić information content (AvgIpc) is 2.87. The number of ether oxygens (including phenoxy) is 1. The lowest BCUT2D eigenvalue weighted by atomic mass is 9.75. The zero-order valence-electron chi connectivity index (χ0n) is 15.0. The van der Waals surface area contributed by atoms with Crippen LogP contribution in [0, 0.1) is 6.92 Å². The summed E-state index contributed by atoms with van der Waals surface area (Å²) in [5.41, 5.74) is 4.89. The van der Waals surface area contributed by atoms with Gasteiger partial charge in [0.05, 0.1) is 0 Å². The maximum atomic E-state index is 6.21. The molecule has 3 heteroatoms. The minimum atomic E-state index is -0.0782. The Kier molecular flexibility index (Phi) is 3.17. The molecule has 0 spiro atoms. The SMILES string of the molecule is Cc1cc2c(cc1N1C=CN(C)[C@@H]1C)C(C)(C)c1ccccc1O2. The topological polar surface area (TPSA) is 15.7 Å². The lowest BCUT2D eigenvalue weighted by Gasteiger charge is -2.36. The number of anilines is 1. The molecule has 3 nitrogen and oxygen atoms in total. The highest BCUT2D eigenvalue weighted by molar-refractivity contribution is 5.67. The van der Waals surface area contributed by atoms with Gasteiger partial charge >= 0.3 is 0 Å². The second-order valence-electron chi connectivity index (χ2n) is 7.36. The highest BCUT2D eigenvalue weighted by atomic mass is 16.5. The van der Waals surface area contributed by atoms with Crippen molar-refractivity contribution in [1.82, 2.24) is 4.90 Å². The first kappa shape index (κ1) is 15.1. The van der Waals surface area contributed by atoms with E-state index in [9.17, 15) is 0 Å². The largest absolute Gasteiger partial charge is 0.457 e. The number of fused-ring (bicyclic) bond motifs is 2. The molecule has 0 fully saturated rings. The first-order chi connectivity index (χ1) is 11.4. The van der Waals surface area contributed by atoms with Crippen LogP contribution in [0.4, 0.5) is 5.69 Å². The molecule has 0 radical (unpaired) electrons. The van der Waals surface area contributed by atoms with Crippen molar-refractivity contribution < 1.29 is 4.74 Å². The number of hydrogen-bond donors (Lipinski definition) is 0. The zero-order valence-corrected chi connectivity index (χ0v) is 15.0. The fourth-order valence-electron chi connectivity index (χ4n) is 3.76. The van der Waals surface area contributed by atoms with Crippen molar-refractivity contribution in [1.29, 1.82) is 0 Å². The summed E-state index contributed by atoms with van der Waals surface area (Å²) in [7, 11) is 2.11. The lowest BCUT2D eigenvalue weighted by Crippen LogP contribution is -2.34. The zero-order chi connectivity index (χ0) is 17.1. The van der Waals surface area contributed by atoms with Gasteiger partial charge in [-0.2, -0.15) is 0 Å². The Morgan fingerprint density at radius 1 is 1.00 bits per heavy atom. The van der Waals surface area contributed by atoms with E-state index in [1.165, 1.54) is 22.4 Å². The first-order valence-corrected chi connectivity index (χ1v) is 8.50. The molecule has 0 unspecified atom stereocenters. The van der Waals surface area contributed by atoms with E-state index in [2.05, 4.69) is 87.3 Å². The normalized spacial score (nSPS) is 20.6. The monoisotopic (exact) mass is 320 g/mol. The Balaban J connectivity index is 1.86. The van der Waals surface area contributed by atoms with Crippen molar-refractivity contribution in [2.75, 3.05) is 11.9 Å². The van der Waals surface area contributed by atoms with Crippen LogP contribution in [0.25, 0.3) is 0 Å². The molecule has 24 heavy (non-hydrogen) atoms. The molecule has 0 bridgehead atoms. The molecule has 2 aromatic carbocycles. The van der Waals surface area contributed by atoms with E-state index in [1.54, 1.807) is 0 Å². The Morgan fingerprint density at radius 2 is 1.75 bits per heavy atom. The van der Waals surface area contributed by atoms with Gasteiger partial charge in [0.15, 0.2) is 0 Å². The van der Waals surface area contributed by atoms with Crippen LogP contribution in [0.15, 0.2) is 48.8 Å². The number of benzene rings is 2. The third kappa shape index (κ3) is 2.04. The van der Waals surface area contributed by atoms with Gasteiger partial charge in [-0.05, 0) is 37.6 Å². The van der Waals surface area contributed by atoms with Crippen molar-refractivity contribution in [3.63, 3.8) is 0 Å². The van der Waals surface area contributed by atoms with Crippen LogP contribution in [0.1, 0.15) is 37.5 Å². The summed E-state index contributed by atoms with van der Waals surface area (Å²) >= 11 is 0. The number of rotatable bonds is 1. The predicted octanol–water partition coefficient (Wildman–Crippen LogP) is 5.00. The van der Waals surface area contributed by atoms with E-state index in [1.807, 2.05) is 6.07 Å². The minimum Gasteiger partial charge on any atom is -0.457 e. The van der Waals surface area contributed by atoms with Gasteiger partial charge < -0.3 is 14.5 Å². The molecule has 0 saturated heterocycles. The Labute approximate surface area is 144 Å². The summed E-state index contributed by atoms with van der Waals surface area (Å²) in [6.07, 6.45) is 4.60. The third-order valence-electron chi connectivity index (χ3n) is 5.48. The van der Waals surface area contributed by atoms with Crippen molar-refractivity contribution in [2.24, 2.45) is 0 Å². The summed E-state index contributed by atoms with van der Waals surface area (Å²) in [4.78, 5) is 4.54. The molecule has 1 atom stereocenters. The third-order valence-corrected chi connectivity index (χ3v) is 5.48. The molecule has 0 aliphatic carbocycles. The van der Waals surface area contributed by atoms with Gasteiger partial charge in [-0.25, -0.2) is 0 Å². The highest BCUT2D eigenvalue weighted by Crippen LogP contribution is 2.49. The van der Waals surface area contributed by atoms with Crippen LogP contribution in [-0.4, -0.2) is 18.1 Å². The molecule has 4 rings (SSSR count). The summed E-state index contributed by atoms with van der Waals surface area (Å²) in [6, 6.07) is 12.8. The minimum absolute atomic E-state index is 0.0782. The van der Waals surface area contributed by atoms with Gasteiger partial charge in [0.25, 0.3) is 0 Å². The second kappa shape index (κ2) is 5.04. The average molecular weight is 320 g/mol. The Hall–Kier alpha value is -2.42. The van der Waals surface area contributed by atoms with Crippen molar-refractivity contribution in [2.45, 2.75) is 39.3 Å². The van der Waals surface area contributed by atoms with Crippen LogP contribution in [-0.2, 0) is 5.41 Å². The Morgan fingerprint density at radius 3 is 2.46 bits per heavy atom. The number of aryl methyl sites for hydroxylation is 1. The van der Waals surface area contributed by atoms with Crippen LogP contribution in [0.3, 0.4) is 0 Å². The van der Waals surface area contributed by atoms with Crippen LogP contribution in [0.2, 0.25) is 0 Å². The van der Waals surface area contributed by atoms with Crippen LogP contribution in [0.5, 0.6) is 11.5 Å². The summed E-state index contributed by atoms with van der Waals surface area (Å²) in [6.45, 7) is 8.94. The molecule has 2 heterocycles. The van der Waals surface area contributed by atoms with E-state index < -0.39 is 0 Å². The van der Waals surface area contributed by atoms with Crippen LogP contribution >= 0.6 is 0 Å². The fourth-order valence-corrected chi connectivity index (χ4v) is 3.76. The van der Waals surface area contributed by atoms with Gasteiger partial charge in [0.2, 0.25) is 0 Å². The van der Waals surface area contributed by atoms with Gasteiger partial charge in [-0.15, -0.1) is 0 Å². The highest BCUT2D eigenvalue weighted by Gasteiger charge is 2.35. The quantitative estimate of drug-likeness (QED) is 0.736. The second-order valence-corrected chi connectivity index (χ2v) is 7.36. The van der Waals surface area contributed by atoms with Crippen molar-refractivity contribution in [3.05, 3.63) is 65.5 Å². The molecule has 0 amide bonds. The van der Waals surface area contributed by atoms with Crippen molar-refractivity contribution >= 4 is 5.69 Å².